The first kappa shape index (κ1) is 14.5. The van der Waals surface area contributed by atoms with Gasteiger partial charge >= 0.3 is 0 Å². The van der Waals surface area contributed by atoms with E-state index in [4.69, 9.17) is 0 Å². The maximum Gasteiger partial charge on any atom is 0.00614 e. The number of unbranched alkanes of at least 4 members (excludes halogenated alkanes) is 2. The molecule has 0 heterocycles. The van der Waals surface area contributed by atoms with E-state index >= 15 is 0 Å². The zero-order chi connectivity index (χ0) is 9.82. The lowest BCUT2D eigenvalue weighted by molar-refractivity contribution is 0.481. The number of rotatable bonds is 6. The van der Waals surface area contributed by atoms with E-state index in [1.165, 1.54) is 32.1 Å². The van der Waals surface area contributed by atoms with Crippen molar-refractivity contribution in [2.24, 2.45) is 0 Å². The second kappa shape index (κ2) is 13.5. The van der Waals surface area contributed by atoms with E-state index in [0.29, 0.717) is 0 Å². The van der Waals surface area contributed by atoms with Crippen molar-refractivity contribution >= 4 is 0 Å². The van der Waals surface area contributed by atoms with Crippen LogP contribution in [0, 0.1) is 0 Å². The molecule has 1 heteroatoms. The third-order valence-corrected chi connectivity index (χ3v) is 2.06. The summed E-state index contributed by atoms with van der Waals surface area (Å²) in [6.45, 7) is 8.49. The zero-order valence-electron chi connectivity index (χ0n) is 9.61. The van der Waals surface area contributed by atoms with Gasteiger partial charge in [0.1, 0.15) is 0 Å². The van der Waals surface area contributed by atoms with Gasteiger partial charge in [0, 0.05) is 6.04 Å². The molecule has 0 aromatic carbocycles. The third kappa shape index (κ3) is 9.96. The molecule has 0 aliphatic heterocycles. The third-order valence-electron chi connectivity index (χ3n) is 2.06. The van der Waals surface area contributed by atoms with Crippen molar-refractivity contribution in [3.8, 4) is 0 Å². The summed E-state index contributed by atoms with van der Waals surface area (Å²) < 4.78 is 0. The summed E-state index contributed by atoms with van der Waals surface area (Å²) in [6, 6.07) is 0.756. The normalized spacial score (nSPS) is 11.8. The fraction of sp³-hybridized carbons (Fsp3) is 1.00. The second-order valence-electron chi connectivity index (χ2n) is 2.89. The van der Waals surface area contributed by atoms with E-state index in [9.17, 15) is 0 Å². The number of hydrogen-bond donors (Lipinski definition) is 1. The summed E-state index contributed by atoms with van der Waals surface area (Å²) in [4.78, 5) is 0. The van der Waals surface area contributed by atoms with Crippen LogP contribution in [0.5, 0.6) is 0 Å². The first-order chi connectivity index (χ1) is 5.85. The first-order valence-electron chi connectivity index (χ1n) is 5.52. The summed E-state index contributed by atoms with van der Waals surface area (Å²) in [6.07, 6.45) is 6.72. The largest absolute Gasteiger partial charge is 0.317 e. The van der Waals surface area contributed by atoms with Gasteiger partial charge in [-0.05, 0) is 19.9 Å². The highest BCUT2D eigenvalue weighted by molar-refractivity contribution is 4.60. The molecular weight excluding hydrogens is 146 g/mol. The lowest BCUT2D eigenvalue weighted by Gasteiger charge is -2.12. The molecule has 1 atom stereocenters. The molecule has 0 amide bonds. The Morgan fingerprint density at radius 1 is 1.08 bits per heavy atom. The molecule has 76 valence electrons. The number of hydrogen-bond acceptors (Lipinski definition) is 1. The molecule has 0 rings (SSSR count). The molecule has 0 radical (unpaired) electrons. The number of nitrogens with one attached hydrogen (secondary N) is 1. The maximum atomic E-state index is 3.31. The van der Waals surface area contributed by atoms with Gasteiger partial charge in [-0.25, -0.2) is 0 Å². The standard InChI is InChI=1S/C9H21N.C2H6/c1-4-6-7-8-9(5-2)10-3;1-2/h9-10H,4-8H2,1-3H3;1-2H3. The predicted molar refractivity (Wildman–Crippen MR) is 58.6 cm³/mol. The van der Waals surface area contributed by atoms with Crippen molar-refractivity contribution in [1.82, 2.24) is 5.32 Å². The molecule has 1 nitrogen and oxygen atoms in total. The van der Waals surface area contributed by atoms with Crippen LogP contribution < -0.4 is 5.32 Å². The molecule has 12 heavy (non-hydrogen) atoms. The molecule has 0 aromatic rings. The Labute approximate surface area is 78.9 Å². The van der Waals surface area contributed by atoms with Crippen LogP contribution >= 0.6 is 0 Å². The summed E-state index contributed by atoms with van der Waals surface area (Å²) in [5.74, 6) is 0. The van der Waals surface area contributed by atoms with Crippen molar-refractivity contribution < 1.29 is 0 Å². The minimum absolute atomic E-state index is 0.756. The second-order valence-corrected chi connectivity index (χ2v) is 2.89. The summed E-state index contributed by atoms with van der Waals surface area (Å²) in [7, 11) is 2.06. The van der Waals surface area contributed by atoms with Gasteiger partial charge in [-0.3, -0.25) is 0 Å². The van der Waals surface area contributed by atoms with Crippen LogP contribution in [0.25, 0.3) is 0 Å². The molecule has 1 unspecified atom stereocenters. The van der Waals surface area contributed by atoms with Crippen LogP contribution in [0.1, 0.15) is 59.8 Å². The maximum absolute atomic E-state index is 3.31. The fourth-order valence-corrected chi connectivity index (χ4v) is 1.19. The highest BCUT2D eigenvalue weighted by Crippen LogP contribution is 2.04. The van der Waals surface area contributed by atoms with E-state index in [2.05, 4.69) is 26.2 Å². The highest BCUT2D eigenvalue weighted by Gasteiger charge is 2.00. The first-order valence-corrected chi connectivity index (χ1v) is 5.52. The molecule has 0 fully saturated rings. The van der Waals surface area contributed by atoms with Gasteiger partial charge in [-0.1, -0.05) is 47.0 Å². The Hall–Kier alpha value is -0.0400. The van der Waals surface area contributed by atoms with E-state index in [1.807, 2.05) is 13.8 Å². The Morgan fingerprint density at radius 2 is 1.67 bits per heavy atom. The Bertz CT molecular complexity index is 58.0. The van der Waals surface area contributed by atoms with Crippen LogP contribution in [0.4, 0.5) is 0 Å². The summed E-state index contributed by atoms with van der Waals surface area (Å²) >= 11 is 0. The highest BCUT2D eigenvalue weighted by atomic mass is 14.9. The van der Waals surface area contributed by atoms with Gasteiger partial charge < -0.3 is 5.32 Å². The summed E-state index contributed by atoms with van der Waals surface area (Å²) in [5.41, 5.74) is 0. The van der Waals surface area contributed by atoms with Crippen LogP contribution in [0.2, 0.25) is 0 Å². The van der Waals surface area contributed by atoms with Crippen LogP contribution in [0.3, 0.4) is 0 Å². The van der Waals surface area contributed by atoms with Crippen molar-refractivity contribution in [2.45, 2.75) is 65.8 Å². The quantitative estimate of drug-likeness (QED) is 0.605. The van der Waals surface area contributed by atoms with Crippen molar-refractivity contribution in [3.63, 3.8) is 0 Å². The molecule has 0 spiro atoms. The van der Waals surface area contributed by atoms with Gasteiger partial charge in [0.05, 0.1) is 0 Å². The minimum atomic E-state index is 0.756. The molecular formula is C11H27N. The van der Waals surface area contributed by atoms with Crippen molar-refractivity contribution in [3.05, 3.63) is 0 Å². The average Bonchev–Trinajstić information content (AvgIpc) is 2.16. The lowest BCUT2D eigenvalue weighted by atomic mass is 10.1. The Kier molecular flexibility index (Phi) is 16.3. The fourth-order valence-electron chi connectivity index (χ4n) is 1.19. The van der Waals surface area contributed by atoms with Gasteiger partial charge in [-0.15, -0.1) is 0 Å². The molecule has 0 aliphatic rings. The molecule has 0 bridgehead atoms. The predicted octanol–water partition coefficient (Wildman–Crippen LogP) is 3.59. The SMILES string of the molecule is CC.CCCCCC(CC)NC. The van der Waals surface area contributed by atoms with Crippen molar-refractivity contribution in [2.75, 3.05) is 7.05 Å². The van der Waals surface area contributed by atoms with Gasteiger partial charge in [0.15, 0.2) is 0 Å². The monoisotopic (exact) mass is 173 g/mol. The minimum Gasteiger partial charge on any atom is -0.317 e. The summed E-state index contributed by atoms with van der Waals surface area (Å²) in [5, 5.41) is 3.31. The molecule has 1 N–H and O–H groups in total. The Morgan fingerprint density at radius 3 is 2.00 bits per heavy atom. The van der Waals surface area contributed by atoms with Crippen LogP contribution in [0.15, 0.2) is 0 Å². The van der Waals surface area contributed by atoms with E-state index < -0.39 is 0 Å². The molecule has 0 aliphatic carbocycles. The van der Waals surface area contributed by atoms with E-state index in [1.54, 1.807) is 0 Å². The van der Waals surface area contributed by atoms with Crippen LogP contribution in [-0.4, -0.2) is 13.1 Å². The molecule has 0 saturated heterocycles. The van der Waals surface area contributed by atoms with Gasteiger partial charge in [-0.2, -0.15) is 0 Å². The zero-order valence-corrected chi connectivity index (χ0v) is 9.61. The van der Waals surface area contributed by atoms with E-state index in [0.717, 1.165) is 6.04 Å². The van der Waals surface area contributed by atoms with Gasteiger partial charge in [0.25, 0.3) is 0 Å². The molecule has 0 aromatic heterocycles. The topological polar surface area (TPSA) is 12.0 Å². The lowest BCUT2D eigenvalue weighted by Crippen LogP contribution is -2.23. The van der Waals surface area contributed by atoms with Gasteiger partial charge in [0.2, 0.25) is 0 Å². The van der Waals surface area contributed by atoms with Crippen LogP contribution in [-0.2, 0) is 0 Å². The smallest absolute Gasteiger partial charge is 0.00614 e. The van der Waals surface area contributed by atoms with Crippen molar-refractivity contribution in [1.29, 1.82) is 0 Å². The van der Waals surface area contributed by atoms with E-state index in [-0.39, 0.29) is 0 Å². The average molecular weight is 173 g/mol. The molecule has 0 saturated carbocycles. The Balaban J connectivity index is 0.